The molecule has 1 aromatic rings. The Morgan fingerprint density at radius 1 is 1.15 bits per heavy atom. The highest BCUT2D eigenvalue weighted by atomic mass is 15.0. The summed E-state index contributed by atoms with van der Waals surface area (Å²) in [5, 5.41) is 2.09. The summed E-state index contributed by atoms with van der Waals surface area (Å²) in [4.78, 5) is 8.81. The molecule has 1 atom stereocenters. The molecule has 1 heterocycles. The zero-order valence-corrected chi connectivity index (χ0v) is 8.28. The molecule has 1 aromatic carbocycles. The first-order valence-electron chi connectivity index (χ1n) is 4.72. The summed E-state index contributed by atoms with van der Waals surface area (Å²) in [6.07, 6.45) is 0.109. The van der Waals surface area contributed by atoms with Crippen molar-refractivity contribution in [2.45, 2.75) is 32.9 Å². The van der Waals surface area contributed by atoms with Gasteiger partial charge in [0, 0.05) is 0 Å². The van der Waals surface area contributed by atoms with Crippen molar-refractivity contribution in [2.75, 3.05) is 0 Å². The van der Waals surface area contributed by atoms with Gasteiger partial charge in [-0.3, -0.25) is 9.98 Å². The maximum atomic E-state index is 4.43. The van der Waals surface area contributed by atoms with Crippen LogP contribution in [0.4, 0.5) is 0 Å². The van der Waals surface area contributed by atoms with Gasteiger partial charge in [-0.15, -0.1) is 0 Å². The minimum atomic E-state index is 0.109. The molecule has 0 N–H and O–H groups in total. The van der Waals surface area contributed by atoms with E-state index in [-0.39, 0.29) is 6.17 Å². The molecular weight excluding hydrogens is 160 g/mol. The SMILES string of the molecule is CC1N=c2ccc(C(C)C)cc2=N1. The van der Waals surface area contributed by atoms with Crippen molar-refractivity contribution in [3.8, 4) is 0 Å². The summed E-state index contributed by atoms with van der Waals surface area (Å²) in [7, 11) is 0. The van der Waals surface area contributed by atoms with Crippen molar-refractivity contribution < 1.29 is 0 Å². The fourth-order valence-electron chi connectivity index (χ4n) is 1.54. The van der Waals surface area contributed by atoms with Crippen LogP contribution in [0.2, 0.25) is 0 Å². The van der Waals surface area contributed by atoms with Crippen LogP contribution in [-0.2, 0) is 0 Å². The molecule has 0 amide bonds. The minimum Gasteiger partial charge on any atom is -0.257 e. The molecule has 0 saturated heterocycles. The van der Waals surface area contributed by atoms with E-state index in [1.165, 1.54) is 5.56 Å². The number of fused-ring (bicyclic) bond motifs is 1. The van der Waals surface area contributed by atoms with E-state index < -0.39 is 0 Å². The van der Waals surface area contributed by atoms with Crippen LogP contribution in [0.1, 0.15) is 32.3 Å². The van der Waals surface area contributed by atoms with E-state index >= 15 is 0 Å². The summed E-state index contributed by atoms with van der Waals surface area (Å²) in [5.74, 6) is 0.566. The highest BCUT2D eigenvalue weighted by molar-refractivity contribution is 5.18. The summed E-state index contributed by atoms with van der Waals surface area (Å²) >= 11 is 0. The Morgan fingerprint density at radius 3 is 2.54 bits per heavy atom. The van der Waals surface area contributed by atoms with Gasteiger partial charge in [-0.05, 0) is 30.5 Å². The normalized spacial score (nSPS) is 19.5. The number of hydrogen-bond acceptors (Lipinski definition) is 2. The Labute approximate surface area is 78.0 Å². The van der Waals surface area contributed by atoms with Crippen LogP contribution in [0.5, 0.6) is 0 Å². The second kappa shape index (κ2) is 2.95. The topological polar surface area (TPSA) is 24.7 Å². The van der Waals surface area contributed by atoms with E-state index in [0.717, 1.165) is 10.7 Å². The molecule has 0 bridgehead atoms. The predicted octanol–water partition coefficient (Wildman–Crippen LogP) is 1.41. The Kier molecular flexibility index (Phi) is 1.91. The van der Waals surface area contributed by atoms with Gasteiger partial charge in [-0.1, -0.05) is 19.9 Å². The number of benzene rings is 1. The highest BCUT2D eigenvalue weighted by Crippen LogP contribution is 2.10. The van der Waals surface area contributed by atoms with Crippen molar-refractivity contribution in [3.63, 3.8) is 0 Å². The maximum absolute atomic E-state index is 4.43. The van der Waals surface area contributed by atoms with Gasteiger partial charge in [0.25, 0.3) is 0 Å². The third-order valence-corrected chi connectivity index (χ3v) is 2.32. The van der Waals surface area contributed by atoms with Crippen molar-refractivity contribution in [3.05, 3.63) is 34.5 Å². The molecule has 0 radical (unpaired) electrons. The van der Waals surface area contributed by atoms with Crippen LogP contribution in [0.3, 0.4) is 0 Å². The molecule has 2 nitrogen and oxygen atoms in total. The van der Waals surface area contributed by atoms with Gasteiger partial charge in [0.05, 0.1) is 10.7 Å². The van der Waals surface area contributed by atoms with Crippen molar-refractivity contribution >= 4 is 0 Å². The second-order valence-corrected chi connectivity index (χ2v) is 3.79. The zero-order chi connectivity index (χ0) is 9.42. The summed E-state index contributed by atoms with van der Waals surface area (Å²) in [5.41, 5.74) is 1.34. The smallest absolute Gasteiger partial charge is 0.138 e. The Bertz CT molecular complexity index is 432. The number of nitrogens with zero attached hydrogens (tertiary/aromatic N) is 2. The van der Waals surface area contributed by atoms with Gasteiger partial charge in [0.2, 0.25) is 0 Å². The van der Waals surface area contributed by atoms with Crippen LogP contribution in [0.15, 0.2) is 28.2 Å². The lowest BCUT2D eigenvalue weighted by Crippen LogP contribution is -2.21. The van der Waals surface area contributed by atoms with Crippen molar-refractivity contribution in [1.82, 2.24) is 0 Å². The van der Waals surface area contributed by atoms with Crippen LogP contribution in [-0.4, -0.2) is 6.17 Å². The van der Waals surface area contributed by atoms with E-state index in [4.69, 9.17) is 0 Å². The maximum Gasteiger partial charge on any atom is 0.138 e. The predicted molar refractivity (Wildman–Crippen MR) is 52.3 cm³/mol. The van der Waals surface area contributed by atoms with Gasteiger partial charge in [0.1, 0.15) is 6.17 Å². The molecule has 0 aromatic heterocycles. The van der Waals surface area contributed by atoms with E-state index in [1.807, 2.05) is 6.92 Å². The summed E-state index contributed by atoms with van der Waals surface area (Å²) in [6, 6.07) is 6.35. The molecule has 13 heavy (non-hydrogen) atoms. The second-order valence-electron chi connectivity index (χ2n) is 3.79. The van der Waals surface area contributed by atoms with Gasteiger partial charge in [0.15, 0.2) is 0 Å². The van der Waals surface area contributed by atoms with Gasteiger partial charge in [-0.25, -0.2) is 0 Å². The van der Waals surface area contributed by atoms with E-state index in [0.29, 0.717) is 5.92 Å². The molecule has 1 aliphatic rings. The first-order valence-corrected chi connectivity index (χ1v) is 4.72. The van der Waals surface area contributed by atoms with Crippen LogP contribution < -0.4 is 10.7 Å². The van der Waals surface area contributed by atoms with Crippen LogP contribution in [0, 0.1) is 0 Å². The van der Waals surface area contributed by atoms with Crippen LogP contribution in [0.25, 0.3) is 0 Å². The Balaban J connectivity index is 2.59. The lowest BCUT2D eigenvalue weighted by atomic mass is 10.0. The Hall–Kier alpha value is -1.18. The monoisotopic (exact) mass is 174 g/mol. The lowest BCUT2D eigenvalue weighted by Gasteiger charge is -2.02. The molecule has 0 aliphatic carbocycles. The molecule has 1 aliphatic heterocycles. The standard InChI is InChI=1S/C11H14N2/c1-7(2)9-4-5-10-11(6-9)13-8(3)12-10/h4-8H,1-3H3. The quantitative estimate of drug-likeness (QED) is 0.615. The Morgan fingerprint density at radius 2 is 1.85 bits per heavy atom. The molecule has 2 heteroatoms. The highest BCUT2D eigenvalue weighted by Gasteiger charge is 2.05. The van der Waals surface area contributed by atoms with Gasteiger partial charge < -0.3 is 0 Å². The van der Waals surface area contributed by atoms with Crippen molar-refractivity contribution in [1.29, 1.82) is 0 Å². The molecule has 0 spiro atoms. The molecule has 1 unspecified atom stereocenters. The molecule has 0 saturated carbocycles. The van der Waals surface area contributed by atoms with Gasteiger partial charge >= 0.3 is 0 Å². The molecule has 68 valence electrons. The summed E-state index contributed by atoms with van der Waals surface area (Å²) < 4.78 is 0. The van der Waals surface area contributed by atoms with E-state index in [9.17, 15) is 0 Å². The van der Waals surface area contributed by atoms with Crippen molar-refractivity contribution in [2.24, 2.45) is 9.98 Å². The number of rotatable bonds is 1. The third kappa shape index (κ3) is 1.48. The average molecular weight is 174 g/mol. The van der Waals surface area contributed by atoms with E-state index in [2.05, 4.69) is 42.0 Å². The minimum absolute atomic E-state index is 0.109. The first kappa shape index (κ1) is 8.42. The average Bonchev–Trinajstić information content (AvgIpc) is 2.42. The fourth-order valence-corrected chi connectivity index (χ4v) is 1.54. The fraction of sp³-hybridized carbons (Fsp3) is 0.455. The first-order chi connectivity index (χ1) is 6.16. The third-order valence-electron chi connectivity index (χ3n) is 2.32. The summed E-state index contributed by atoms with van der Waals surface area (Å²) in [6.45, 7) is 6.39. The van der Waals surface area contributed by atoms with Crippen LogP contribution >= 0.6 is 0 Å². The number of hydrogen-bond donors (Lipinski definition) is 0. The van der Waals surface area contributed by atoms with E-state index in [1.54, 1.807) is 0 Å². The zero-order valence-electron chi connectivity index (χ0n) is 8.28. The largest absolute Gasteiger partial charge is 0.257 e. The molecule has 0 fully saturated rings. The molecular formula is C11H14N2. The van der Waals surface area contributed by atoms with Gasteiger partial charge in [-0.2, -0.15) is 0 Å². The molecule has 2 rings (SSSR count). The lowest BCUT2D eigenvalue weighted by molar-refractivity contribution is 0.787.